The summed E-state index contributed by atoms with van der Waals surface area (Å²) >= 11 is 0. The van der Waals surface area contributed by atoms with E-state index in [1.807, 2.05) is 0 Å². The van der Waals surface area contributed by atoms with Crippen LogP contribution in [0, 0.1) is 0 Å². The molecule has 1 aromatic rings. The van der Waals surface area contributed by atoms with E-state index in [0.29, 0.717) is 25.3 Å². The number of hydrogen-bond donors (Lipinski definition) is 1. The Morgan fingerprint density at radius 1 is 1.21 bits per heavy atom. The average molecular weight is 394 g/mol. The van der Waals surface area contributed by atoms with Gasteiger partial charge in [0.2, 0.25) is 5.91 Å². The molecule has 2 heterocycles. The number of alkyl halides is 2. The molecule has 2 aliphatic heterocycles. The Bertz CT molecular complexity index is 669. The molecule has 0 atom stereocenters. The summed E-state index contributed by atoms with van der Waals surface area (Å²) < 4.78 is 35.0. The second-order valence-corrected chi connectivity index (χ2v) is 7.35. The predicted octanol–water partition coefficient (Wildman–Crippen LogP) is 3.45. The van der Waals surface area contributed by atoms with Gasteiger partial charge in [-0.25, -0.2) is 0 Å². The maximum Gasteiger partial charge on any atom is 0.387 e. The van der Waals surface area contributed by atoms with Crippen LogP contribution in [0.15, 0.2) is 30.3 Å². The molecule has 0 spiro atoms. The third-order valence-electron chi connectivity index (χ3n) is 5.59. The van der Waals surface area contributed by atoms with Crippen LogP contribution in [0.2, 0.25) is 0 Å². The molecule has 0 radical (unpaired) electrons. The van der Waals surface area contributed by atoms with Gasteiger partial charge in [-0.2, -0.15) is 8.78 Å². The number of rotatable bonds is 7. The standard InChI is InChI=1S/C21H28F2N2O3/c22-20(23)28-18-7-3-2-6-17(18)8-9-19(26)24-16-21(10-14-27-15-11-21)25-12-4-1-5-13-25/h2-3,6-9,20H,1,4-5,10-16H2,(H,24,26)/b9-8+. The lowest BCUT2D eigenvalue weighted by molar-refractivity contribution is -0.118. The Balaban J connectivity index is 1.61. The molecule has 0 saturated carbocycles. The highest BCUT2D eigenvalue weighted by Crippen LogP contribution is 2.30. The zero-order valence-electron chi connectivity index (χ0n) is 16.0. The lowest BCUT2D eigenvalue weighted by Gasteiger charge is -2.48. The van der Waals surface area contributed by atoms with Gasteiger partial charge < -0.3 is 14.8 Å². The van der Waals surface area contributed by atoms with Crippen molar-refractivity contribution in [2.45, 2.75) is 44.3 Å². The predicted molar refractivity (Wildman–Crippen MR) is 103 cm³/mol. The van der Waals surface area contributed by atoms with Crippen molar-refractivity contribution < 1.29 is 23.0 Å². The lowest BCUT2D eigenvalue weighted by atomic mass is 9.86. The third-order valence-corrected chi connectivity index (χ3v) is 5.59. The first kappa shape index (κ1) is 20.7. The molecule has 154 valence electrons. The molecule has 2 saturated heterocycles. The lowest BCUT2D eigenvalue weighted by Crippen LogP contribution is -2.59. The van der Waals surface area contributed by atoms with Crippen molar-refractivity contribution in [1.29, 1.82) is 0 Å². The van der Waals surface area contributed by atoms with E-state index in [0.717, 1.165) is 25.9 Å². The minimum Gasteiger partial charge on any atom is -0.434 e. The average Bonchev–Trinajstić information content (AvgIpc) is 2.72. The van der Waals surface area contributed by atoms with Crippen LogP contribution in [0.25, 0.3) is 6.08 Å². The number of hydrogen-bond acceptors (Lipinski definition) is 4. The Morgan fingerprint density at radius 3 is 2.64 bits per heavy atom. The first-order valence-corrected chi connectivity index (χ1v) is 9.92. The number of para-hydroxylation sites is 1. The quantitative estimate of drug-likeness (QED) is 0.720. The summed E-state index contributed by atoms with van der Waals surface area (Å²) in [6.45, 7) is 1.20. The highest BCUT2D eigenvalue weighted by Gasteiger charge is 2.38. The number of benzene rings is 1. The molecule has 0 unspecified atom stereocenters. The Kier molecular flexibility index (Phi) is 7.39. The van der Waals surface area contributed by atoms with Gasteiger partial charge in [0, 0.05) is 36.9 Å². The van der Waals surface area contributed by atoms with E-state index in [9.17, 15) is 13.6 Å². The fourth-order valence-electron chi connectivity index (χ4n) is 4.02. The van der Waals surface area contributed by atoms with Crippen LogP contribution in [-0.4, -0.2) is 55.8 Å². The molecule has 3 rings (SSSR count). The number of likely N-dealkylation sites (tertiary alicyclic amines) is 1. The maximum atomic E-state index is 12.5. The van der Waals surface area contributed by atoms with Crippen LogP contribution in [0.3, 0.4) is 0 Å². The minimum atomic E-state index is -2.90. The van der Waals surface area contributed by atoms with Crippen LogP contribution in [0.5, 0.6) is 5.75 Å². The van der Waals surface area contributed by atoms with E-state index >= 15 is 0 Å². The van der Waals surface area contributed by atoms with Crippen molar-refractivity contribution in [2.24, 2.45) is 0 Å². The first-order valence-electron chi connectivity index (χ1n) is 9.92. The molecule has 0 aliphatic carbocycles. The van der Waals surface area contributed by atoms with Crippen molar-refractivity contribution >= 4 is 12.0 Å². The van der Waals surface area contributed by atoms with Crippen molar-refractivity contribution in [3.05, 3.63) is 35.9 Å². The van der Waals surface area contributed by atoms with E-state index in [4.69, 9.17) is 4.74 Å². The number of halogens is 2. The fraction of sp³-hybridized carbons (Fsp3) is 0.571. The van der Waals surface area contributed by atoms with E-state index in [2.05, 4.69) is 15.0 Å². The SMILES string of the molecule is O=C(/C=C/c1ccccc1OC(F)F)NCC1(N2CCCCC2)CCOCC1. The van der Waals surface area contributed by atoms with Gasteiger partial charge in [-0.05, 0) is 50.9 Å². The number of carbonyl (C=O) groups is 1. The van der Waals surface area contributed by atoms with Gasteiger partial charge >= 0.3 is 6.61 Å². The van der Waals surface area contributed by atoms with Crippen LogP contribution >= 0.6 is 0 Å². The van der Waals surface area contributed by atoms with Crippen molar-refractivity contribution in [3.8, 4) is 5.75 Å². The zero-order valence-corrected chi connectivity index (χ0v) is 16.0. The molecular formula is C21H28F2N2O3. The van der Waals surface area contributed by atoms with Crippen molar-refractivity contribution in [1.82, 2.24) is 10.2 Å². The van der Waals surface area contributed by atoms with Gasteiger partial charge in [0.25, 0.3) is 0 Å². The van der Waals surface area contributed by atoms with Gasteiger partial charge in [-0.3, -0.25) is 9.69 Å². The number of piperidine rings is 1. The third kappa shape index (κ3) is 5.52. The summed E-state index contributed by atoms with van der Waals surface area (Å²) in [7, 11) is 0. The van der Waals surface area contributed by atoms with Gasteiger partial charge in [0.05, 0.1) is 0 Å². The normalized spacial score (nSPS) is 20.4. The number of amides is 1. The largest absolute Gasteiger partial charge is 0.434 e. The number of ether oxygens (including phenoxy) is 2. The molecule has 1 aromatic carbocycles. The fourth-order valence-corrected chi connectivity index (χ4v) is 4.02. The van der Waals surface area contributed by atoms with Gasteiger partial charge in [-0.1, -0.05) is 24.6 Å². The first-order chi connectivity index (χ1) is 13.6. The number of nitrogens with zero attached hydrogens (tertiary/aromatic N) is 1. The maximum absolute atomic E-state index is 12.5. The number of nitrogens with one attached hydrogen (secondary N) is 1. The summed E-state index contributed by atoms with van der Waals surface area (Å²) in [5.41, 5.74) is 0.383. The summed E-state index contributed by atoms with van der Waals surface area (Å²) in [6.07, 6.45) is 8.33. The minimum absolute atomic E-state index is 0.0516. The molecule has 0 bridgehead atoms. The van der Waals surface area contributed by atoms with E-state index in [1.165, 1.54) is 37.5 Å². The highest BCUT2D eigenvalue weighted by atomic mass is 19.3. The summed E-state index contributed by atoms with van der Waals surface area (Å²) in [4.78, 5) is 14.9. The van der Waals surface area contributed by atoms with Gasteiger partial charge in [-0.15, -0.1) is 0 Å². The topological polar surface area (TPSA) is 50.8 Å². The van der Waals surface area contributed by atoms with Crippen LogP contribution in [0.4, 0.5) is 8.78 Å². The summed E-state index contributed by atoms with van der Waals surface area (Å²) in [6, 6.07) is 6.41. The summed E-state index contributed by atoms with van der Waals surface area (Å²) in [5, 5.41) is 3.01. The molecule has 0 aromatic heterocycles. The van der Waals surface area contributed by atoms with Crippen molar-refractivity contribution in [3.63, 3.8) is 0 Å². The second kappa shape index (κ2) is 9.98. The monoisotopic (exact) mass is 394 g/mol. The highest BCUT2D eigenvalue weighted by molar-refractivity contribution is 5.92. The Morgan fingerprint density at radius 2 is 1.93 bits per heavy atom. The number of carbonyl (C=O) groups excluding carboxylic acids is 1. The van der Waals surface area contributed by atoms with E-state index in [1.54, 1.807) is 18.2 Å². The van der Waals surface area contributed by atoms with Crippen LogP contribution < -0.4 is 10.1 Å². The molecule has 1 N–H and O–H groups in total. The summed E-state index contributed by atoms with van der Waals surface area (Å²) in [5.74, 6) is -0.189. The Labute approximate surface area is 164 Å². The second-order valence-electron chi connectivity index (χ2n) is 7.35. The Hall–Kier alpha value is -1.99. The van der Waals surface area contributed by atoms with E-state index < -0.39 is 6.61 Å². The van der Waals surface area contributed by atoms with E-state index in [-0.39, 0.29) is 17.2 Å². The van der Waals surface area contributed by atoms with Gasteiger partial charge in [0.1, 0.15) is 5.75 Å². The molecular weight excluding hydrogens is 366 g/mol. The molecule has 2 aliphatic rings. The van der Waals surface area contributed by atoms with Gasteiger partial charge in [0.15, 0.2) is 0 Å². The van der Waals surface area contributed by atoms with Crippen molar-refractivity contribution in [2.75, 3.05) is 32.8 Å². The molecule has 5 nitrogen and oxygen atoms in total. The zero-order chi connectivity index (χ0) is 19.8. The van der Waals surface area contributed by atoms with Crippen LogP contribution in [-0.2, 0) is 9.53 Å². The smallest absolute Gasteiger partial charge is 0.387 e. The molecule has 7 heteroatoms. The molecule has 1 amide bonds. The molecule has 28 heavy (non-hydrogen) atoms. The molecule has 2 fully saturated rings. The van der Waals surface area contributed by atoms with Crippen LogP contribution in [0.1, 0.15) is 37.7 Å².